The quantitative estimate of drug-likeness (QED) is 0.0320. The lowest BCUT2D eigenvalue weighted by Crippen LogP contribution is -2.45. The van der Waals surface area contributed by atoms with Gasteiger partial charge in [0.05, 0.1) is 25.4 Å². The van der Waals surface area contributed by atoms with Crippen molar-refractivity contribution in [3.05, 3.63) is 36.5 Å². The average molecular weight is 1120 g/mol. The van der Waals surface area contributed by atoms with Crippen molar-refractivity contribution in [2.75, 3.05) is 13.2 Å². The Kier molecular flexibility index (Phi) is 67.9. The summed E-state index contributed by atoms with van der Waals surface area (Å²) in [6.45, 7) is 4.96. The van der Waals surface area contributed by atoms with Gasteiger partial charge in [-0.2, -0.15) is 0 Å². The minimum absolute atomic E-state index is 0.00860. The van der Waals surface area contributed by atoms with E-state index in [0.717, 1.165) is 51.4 Å². The molecule has 0 fully saturated rings. The third kappa shape index (κ3) is 65.2. The second-order valence-corrected chi connectivity index (χ2v) is 24.9. The standard InChI is InChI=1S/C74H141NO5/c1-3-5-7-9-11-13-15-17-19-21-35-38-42-46-50-54-58-62-66-72(77)71(70-76)75-73(78)67-63-59-55-51-47-43-39-36-32-30-28-26-24-22-23-25-27-29-31-33-37-41-45-49-53-57-61-65-69-80-74(79)68-64-60-56-52-48-44-40-34-20-18-16-14-12-10-8-6-4-2/h12,14,18,20,22-23,71-72,76-77H,3-11,13,15-17,19,21,24-70H2,1-2H3,(H,75,78)/b14-12-,20-18-,23-22-. The number of unbranched alkanes of at least 4 members (excludes halogenated alkanes) is 51. The third-order valence-corrected chi connectivity index (χ3v) is 16.9. The summed E-state index contributed by atoms with van der Waals surface area (Å²) in [5.41, 5.74) is 0. The summed E-state index contributed by atoms with van der Waals surface area (Å²) in [6.07, 6.45) is 89.1. The van der Waals surface area contributed by atoms with Gasteiger partial charge in [0.2, 0.25) is 5.91 Å². The third-order valence-electron chi connectivity index (χ3n) is 16.9. The van der Waals surface area contributed by atoms with Gasteiger partial charge in [-0.05, 0) is 83.5 Å². The van der Waals surface area contributed by atoms with Crippen molar-refractivity contribution in [2.45, 2.75) is 411 Å². The van der Waals surface area contributed by atoms with Crippen molar-refractivity contribution in [1.82, 2.24) is 5.32 Å². The van der Waals surface area contributed by atoms with Crippen molar-refractivity contribution in [3.8, 4) is 0 Å². The van der Waals surface area contributed by atoms with Crippen LogP contribution in [0.3, 0.4) is 0 Å². The van der Waals surface area contributed by atoms with E-state index in [-0.39, 0.29) is 18.5 Å². The van der Waals surface area contributed by atoms with Crippen molar-refractivity contribution in [3.63, 3.8) is 0 Å². The van der Waals surface area contributed by atoms with E-state index >= 15 is 0 Å². The highest BCUT2D eigenvalue weighted by atomic mass is 16.5. The summed E-state index contributed by atoms with van der Waals surface area (Å²) >= 11 is 0. The van der Waals surface area contributed by atoms with Gasteiger partial charge in [-0.25, -0.2) is 0 Å². The number of hydrogen-bond acceptors (Lipinski definition) is 5. The zero-order valence-electron chi connectivity index (χ0n) is 54.1. The van der Waals surface area contributed by atoms with Crippen LogP contribution in [0.15, 0.2) is 36.5 Å². The van der Waals surface area contributed by atoms with Crippen LogP contribution in [0.2, 0.25) is 0 Å². The molecule has 0 aliphatic heterocycles. The molecule has 1 amide bonds. The van der Waals surface area contributed by atoms with Crippen LogP contribution in [0.1, 0.15) is 399 Å². The highest BCUT2D eigenvalue weighted by Crippen LogP contribution is 2.19. The Morgan fingerprint density at radius 1 is 0.350 bits per heavy atom. The molecule has 80 heavy (non-hydrogen) atoms. The predicted molar refractivity (Wildman–Crippen MR) is 352 cm³/mol. The second kappa shape index (κ2) is 69.6. The first-order valence-electron chi connectivity index (χ1n) is 36.2. The summed E-state index contributed by atoms with van der Waals surface area (Å²) in [7, 11) is 0. The molecule has 0 aromatic carbocycles. The average Bonchev–Trinajstić information content (AvgIpc) is 3.46. The van der Waals surface area contributed by atoms with Gasteiger partial charge in [-0.15, -0.1) is 0 Å². The number of allylic oxidation sites excluding steroid dienone is 6. The number of aliphatic hydroxyl groups excluding tert-OH is 2. The van der Waals surface area contributed by atoms with E-state index < -0.39 is 12.1 Å². The maximum atomic E-state index is 12.5. The molecule has 0 radical (unpaired) electrons. The Hall–Kier alpha value is -1.92. The first-order valence-corrected chi connectivity index (χ1v) is 36.2. The monoisotopic (exact) mass is 1120 g/mol. The smallest absolute Gasteiger partial charge is 0.305 e. The van der Waals surface area contributed by atoms with Crippen LogP contribution >= 0.6 is 0 Å². The fourth-order valence-corrected chi connectivity index (χ4v) is 11.4. The topological polar surface area (TPSA) is 95.9 Å². The number of ether oxygens (including phenoxy) is 1. The van der Waals surface area contributed by atoms with Gasteiger partial charge >= 0.3 is 5.97 Å². The van der Waals surface area contributed by atoms with Crippen molar-refractivity contribution in [1.29, 1.82) is 0 Å². The number of amides is 1. The molecule has 0 saturated heterocycles. The molecule has 0 aromatic rings. The first-order chi connectivity index (χ1) is 39.5. The van der Waals surface area contributed by atoms with Crippen molar-refractivity contribution in [2.24, 2.45) is 0 Å². The van der Waals surface area contributed by atoms with Gasteiger partial charge < -0.3 is 20.3 Å². The van der Waals surface area contributed by atoms with Crippen molar-refractivity contribution < 1.29 is 24.5 Å². The zero-order chi connectivity index (χ0) is 57.8. The maximum Gasteiger partial charge on any atom is 0.305 e. The molecule has 0 bridgehead atoms. The van der Waals surface area contributed by atoms with Crippen LogP contribution < -0.4 is 5.32 Å². The van der Waals surface area contributed by atoms with Crippen LogP contribution in [0.4, 0.5) is 0 Å². The van der Waals surface area contributed by atoms with Crippen LogP contribution in [-0.2, 0) is 14.3 Å². The molecular formula is C74H141NO5. The first kappa shape index (κ1) is 78.1. The Morgan fingerprint density at radius 2 is 0.625 bits per heavy atom. The summed E-state index contributed by atoms with van der Waals surface area (Å²) in [6, 6.07) is -0.542. The largest absolute Gasteiger partial charge is 0.466 e. The van der Waals surface area contributed by atoms with E-state index in [9.17, 15) is 19.8 Å². The number of aliphatic hydroxyl groups is 2. The zero-order valence-corrected chi connectivity index (χ0v) is 54.1. The molecule has 0 rings (SSSR count). The highest BCUT2D eigenvalue weighted by Gasteiger charge is 2.20. The van der Waals surface area contributed by atoms with E-state index in [1.807, 2.05) is 0 Å². The molecule has 0 heterocycles. The van der Waals surface area contributed by atoms with Gasteiger partial charge in [-0.1, -0.05) is 339 Å². The summed E-state index contributed by atoms with van der Waals surface area (Å²) < 4.78 is 5.50. The molecule has 0 aromatic heterocycles. The minimum atomic E-state index is -0.665. The minimum Gasteiger partial charge on any atom is -0.466 e. The molecular weight excluding hydrogens is 983 g/mol. The number of carbonyl (C=O) groups excluding carboxylic acids is 2. The van der Waals surface area contributed by atoms with E-state index in [1.165, 1.54) is 315 Å². The highest BCUT2D eigenvalue weighted by molar-refractivity contribution is 5.76. The lowest BCUT2D eigenvalue weighted by molar-refractivity contribution is -0.143. The Labute approximate surface area is 500 Å². The lowest BCUT2D eigenvalue weighted by Gasteiger charge is -2.22. The Balaban J connectivity index is 3.37. The van der Waals surface area contributed by atoms with Gasteiger partial charge in [0.1, 0.15) is 0 Å². The fourth-order valence-electron chi connectivity index (χ4n) is 11.4. The van der Waals surface area contributed by atoms with Crippen LogP contribution in [0, 0.1) is 0 Å². The second-order valence-electron chi connectivity index (χ2n) is 24.9. The molecule has 3 N–H and O–H groups in total. The van der Waals surface area contributed by atoms with E-state index in [2.05, 4.69) is 55.6 Å². The summed E-state index contributed by atoms with van der Waals surface area (Å²) in [4.78, 5) is 24.6. The van der Waals surface area contributed by atoms with E-state index in [0.29, 0.717) is 25.9 Å². The Morgan fingerprint density at radius 3 is 0.988 bits per heavy atom. The van der Waals surface area contributed by atoms with Crippen molar-refractivity contribution >= 4 is 11.9 Å². The number of hydrogen-bond donors (Lipinski definition) is 3. The molecule has 6 nitrogen and oxygen atoms in total. The lowest BCUT2D eigenvalue weighted by atomic mass is 10.0. The van der Waals surface area contributed by atoms with Crippen LogP contribution in [0.25, 0.3) is 0 Å². The normalized spacial score (nSPS) is 12.7. The molecule has 0 aliphatic rings. The maximum absolute atomic E-state index is 12.5. The van der Waals surface area contributed by atoms with Gasteiger partial charge in [-0.3, -0.25) is 9.59 Å². The van der Waals surface area contributed by atoms with Crippen LogP contribution in [0.5, 0.6) is 0 Å². The predicted octanol–water partition coefficient (Wildman–Crippen LogP) is 23.5. The molecule has 472 valence electrons. The molecule has 2 unspecified atom stereocenters. The fraction of sp³-hybridized carbons (Fsp3) is 0.892. The Bertz CT molecular complexity index is 1300. The van der Waals surface area contributed by atoms with E-state index in [1.54, 1.807) is 0 Å². The number of esters is 1. The summed E-state index contributed by atoms with van der Waals surface area (Å²) in [5, 5.41) is 23.4. The number of carbonyl (C=O) groups is 2. The van der Waals surface area contributed by atoms with Crippen LogP contribution in [-0.4, -0.2) is 47.4 Å². The number of rotatable bonds is 68. The molecule has 2 atom stereocenters. The van der Waals surface area contributed by atoms with E-state index in [4.69, 9.17) is 4.74 Å². The van der Waals surface area contributed by atoms with Gasteiger partial charge in [0.15, 0.2) is 0 Å². The number of nitrogens with one attached hydrogen (secondary N) is 1. The summed E-state index contributed by atoms with van der Waals surface area (Å²) in [5.74, 6) is -0.0228. The van der Waals surface area contributed by atoms with Gasteiger partial charge in [0, 0.05) is 12.8 Å². The van der Waals surface area contributed by atoms with Gasteiger partial charge in [0.25, 0.3) is 0 Å². The molecule has 0 spiro atoms. The SMILES string of the molecule is CCCCC/C=C\C/C=C\CCCCCCCCCC(=O)OCCCCCCCCCCCCCC/C=C\CCCCCCCCCCCCCCC(=O)NC(CO)C(O)CCCCCCCCCCCCCCCCCCCC. The molecule has 0 aliphatic carbocycles. The molecule has 6 heteroatoms. The molecule has 0 saturated carbocycles.